The molecule has 2 rings (SSSR count). The largest absolute Gasteiger partial charge is 0.465 e. The Hall–Kier alpha value is -1.92. The van der Waals surface area contributed by atoms with Gasteiger partial charge in [-0.05, 0) is 18.6 Å². The van der Waals surface area contributed by atoms with Gasteiger partial charge >= 0.3 is 5.97 Å². The number of hydrogen-bond acceptors (Lipinski definition) is 5. The zero-order valence-corrected chi connectivity index (χ0v) is 12.2. The van der Waals surface area contributed by atoms with Gasteiger partial charge in [0, 0.05) is 31.7 Å². The minimum absolute atomic E-state index is 0.235. The summed E-state index contributed by atoms with van der Waals surface area (Å²) in [6.07, 6.45) is 0. The van der Waals surface area contributed by atoms with E-state index in [4.69, 9.17) is 10.5 Å². The molecule has 1 unspecified atom stereocenters. The topological polar surface area (TPSA) is 84.7 Å². The first-order valence-electron chi connectivity index (χ1n) is 7.12. The van der Waals surface area contributed by atoms with Gasteiger partial charge in [0.25, 0.3) is 0 Å². The highest BCUT2D eigenvalue weighted by molar-refractivity contribution is 5.94. The Kier molecular flexibility index (Phi) is 5.30. The van der Waals surface area contributed by atoms with Crippen LogP contribution >= 0.6 is 0 Å². The quantitative estimate of drug-likeness (QED) is 0.753. The monoisotopic (exact) mass is 291 g/mol. The summed E-state index contributed by atoms with van der Waals surface area (Å²) in [5, 5.41) is 3.19. The Morgan fingerprint density at radius 3 is 2.90 bits per heavy atom. The molecule has 1 atom stereocenters. The Morgan fingerprint density at radius 1 is 1.43 bits per heavy atom. The van der Waals surface area contributed by atoms with Crippen LogP contribution in [0.1, 0.15) is 22.8 Å². The van der Waals surface area contributed by atoms with Gasteiger partial charge in [0.05, 0.1) is 6.61 Å². The van der Waals surface area contributed by atoms with Crippen LogP contribution in [0.25, 0.3) is 0 Å². The Labute approximate surface area is 124 Å². The number of esters is 1. The average molecular weight is 291 g/mol. The van der Waals surface area contributed by atoms with Gasteiger partial charge in [-0.1, -0.05) is 18.2 Å². The normalized spacial score (nSPS) is 19.2. The van der Waals surface area contributed by atoms with Crippen LogP contribution in [0, 0.1) is 0 Å². The van der Waals surface area contributed by atoms with Gasteiger partial charge in [0.15, 0.2) is 0 Å². The minimum Gasteiger partial charge on any atom is -0.465 e. The number of rotatable bonds is 5. The standard InChI is InChI=1S/C15H21N3O3/c1-2-21-15(20)13-9-17-7-8-18(13)10-11-5-3-4-6-12(11)14(16)19/h3-6,13,17H,2,7-10H2,1H3,(H2,16,19). The lowest BCUT2D eigenvalue weighted by atomic mass is 10.0. The molecule has 1 aromatic carbocycles. The van der Waals surface area contributed by atoms with E-state index in [1.54, 1.807) is 19.1 Å². The van der Waals surface area contributed by atoms with E-state index < -0.39 is 5.91 Å². The third-order valence-corrected chi connectivity index (χ3v) is 3.57. The molecule has 3 N–H and O–H groups in total. The van der Waals surface area contributed by atoms with E-state index in [0.717, 1.165) is 18.7 Å². The highest BCUT2D eigenvalue weighted by Crippen LogP contribution is 2.15. The first-order chi connectivity index (χ1) is 10.1. The molecule has 1 aromatic rings. The predicted octanol–water partition coefficient (Wildman–Crippen LogP) is 0.122. The number of hydrogen-bond donors (Lipinski definition) is 2. The molecule has 1 amide bonds. The van der Waals surface area contributed by atoms with Crippen molar-refractivity contribution < 1.29 is 14.3 Å². The maximum atomic E-state index is 12.0. The van der Waals surface area contributed by atoms with Gasteiger partial charge in [-0.15, -0.1) is 0 Å². The molecule has 0 spiro atoms. The summed E-state index contributed by atoms with van der Waals surface area (Å²) in [5.41, 5.74) is 6.73. The number of nitrogens with zero attached hydrogens (tertiary/aromatic N) is 1. The lowest BCUT2D eigenvalue weighted by Crippen LogP contribution is -2.55. The molecule has 1 aliphatic rings. The van der Waals surface area contributed by atoms with Gasteiger partial charge in [-0.3, -0.25) is 14.5 Å². The van der Waals surface area contributed by atoms with Crippen molar-refractivity contribution in [3.8, 4) is 0 Å². The number of ether oxygens (including phenoxy) is 1. The molecule has 0 radical (unpaired) electrons. The Bertz CT molecular complexity index is 519. The minimum atomic E-state index is -0.451. The zero-order chi connectivity index (χ0) is 15.2. The fourth-order valence-corrected chi connectivity index (χ4v) is 2.52. The van der Waals surface area contributed by atoms with Crippen molar-refractivity contribution in [1.82, 2.24) is 10.2 Å². The van der Waals surface area contributed by atoms with Crippen LogP contribution in [0.3, 0.4) is 0 Å². The summed E-state index contributed by atoms with van der Waals surface area (Å²) in [4.78, 5) is 25.5. The second-order valence-electron chi connectivity index (χ2n) is 4.96. The van der Waals surface area contributed by atoms with Crippen molar-refractivity contribution in [3.63, 3.8) is 0 Å². The van der Waals surface area contributed by atoms with Crippen LogP contribution in [0.15, 0.2) is 24.3 Å². The van der Waals surface area contributed by atoms with E-state index in [2.05, 4.69) is 5.32 Å². The fraction of sp³-hybridized carbons (Fsp3) is 0.467. The number of nitrogens with one attached hydrogen (secondary N) is 1. The van der Waals surface area contributed by atoms with Crippen LogP contribution in [0.5, 0.6) is 0 Å². The van der Waals surface area contributed by atoms with E-state index in [-0.39, 0.29) is 12.0 Å². The molecule has 0 saturated carbocycles. The number of carbonyl (C=O) groups excluding carboxylic acids is 2. The lowest BCUT2D eigenvalue weighted by Gasteiger charge is -2.34. The summed E-state index contributed by atoms with van der Waals surface area (Å²) < 4.78 is 5.11. The molecule has 1 saturated heterocycles. The number of nitrogens with two attached hydrogens (primary N) is 1. The van der Waals surface area contributed by atoms with Crippen LogP contribution in [0.2, 0.25) is 0 Å². The molecule has 1 fully saturated rings. The molecule has 0 aliphatic carbocycles. The number of amides is 1. The summed E-state index contributed by atoms with van der Waals surface area (Å²) >= 11 is 0. The van der Waals surface area contributed by atoms with Crippen LogP contribution < -0.4 is 11.1 Å². The SMILES string of the molecule is CCOC(=O)C1CNCCN1Cc1ccccc1C(N)=O. The van der Waals surface area contributed by atoms with Gasteiger partial charge in [-0.25, -0.2) is 0 Å². The van der Waals surface area contributed by atoms with Crippen LogP contribution in [-0.4, -0.2) is 49.1 Å². The maximum Gasteiger partial charge on any atom is 0.324 e. The zero-order valence-electron chi connectivity index (χ0n) is 12.2. The van der Waals surface area contributed by atoms with Crippen LogP contribution in [-0.2, 0) is 16.1 Å². The van der Waals surface area contributed by atoms with Crippen molar-refractivity contribution in [2.24, 2.45) is 5.73 Å². The number of piperazine rings is 1. The van der Waals surface area contributed by atoms with Gasteiger partial charge in [-0.2, -0.15) is 0 Å². The Balaban J connectivity index is 2.16. The van der Waals surface area contributed by atoms with Crippen molar-refractivity contribution in [2.75, 3.05) is 26.2 Å². The van der Waals surface area contributed by atoms with Crippen molar-refractivity contribution in [3.05, 3.63) is 35.4 Å². The van der Waals surface area contributed by atoms with E-state index in [0.29, 0.717) is 25.3 Å². The molecule has 6 heteroatoms. The molecular weight excluding hydrogens is 270 g/mol. The smallest absolute Gasteiger partial charge is 0.324 e. The van der Waals surface area contributed by atoms with Gasteiger partial charge < -0.3 is 15.8 Å². The summed E-state index contributed by atoms with van der Waals surface area (Å²) in [7, 11) is 0. The van der Waals surface area contributed by atoms with E-state index in [9.17, 15) is 9.59 Å². The highest BCUT2D eigenvalue weighted by atomic mass is 16.5. The Morgan fingerprint density at radius 2 is 2.19 bits per heavy atom. The first-order valence-corrected chi connectivity index (χ1v) is 7.12. The van der Waals surface area contributed by atoms with E-state index >= 15 is 0 Å². The lowest BCUT2D eigenvalue weighted by molar-refractivity contribution is -0.150. The van der Waals surface area contributed by atoms with E-state index in [1.165, 1.54) is 0 Å². The molecule has 114 valence electrons. The molecule has 6 nitrogen and oxygen atoms in total. The molecule has 0 bridgehead atoms. The van der Waals surface area contributed by atoms with Crippen LogP contribution in [0.4, 0.5) is 0 Å². The highest BCUT2D eigenvalue weighted by Gasteiger charge is 2.30. The number of benzene rings is 1. The summed E-state index contributed by atoms with van der Waals surface area (Å²) in [6.45, 7) is 4.73. The van der Waals surface area contributed by atoms with Gasteiger partial charge in [0.1, 0.15) is 6.04 Å². The van der Waals surface area contributed by atoms with Gasteiger partial charge in [0.2, 0.25) is 5.91 Å². The molecule has 0 aromatic heterocycles. The second kappa shape index (κ2) is 7.19. The fourth-order valence-electron chi connectivity index (χ4n) is 2.52. The maximum absolute atomic E-state index is 12.0. The van der Waals surface area contributed by atoms with Crippen molar-refractivity contribution in [1.29, 1.82) is 0 Å². The average Bonchev–Trinajstić information content (AvgIpc) is 2.48. The molecule has 1 heterocycles. The summed E-state index contributed by atoms with van der Waals surface area (Å²) in [5.74, 6) is -0.685. The number of carbonyl (C=O) groups is 2. The number of primary amides is 1. The van der Waals surface area contributed by atoms with Crippen molar-refractivity contribution in [2.45, 2.75) is 19.5 Å². The third kappa shape index (κ3) is 3.80. The van der Waals surface area contributed by atoms with Crippen molar-refractivity contribution >= 4 is 11.9 Å². The summed E-state index contributed by atoms with van der Waals surface area (Å²) in [6, 6.07) is 6.89. The third-order valence-electron chi connectivity index (χ3n) is 3.57. The molecule has 1 aliphatic heterocycles. The second-order valence-corrected chi connectivity index (χ2v) is 4.96. The predicted molar refractivity (Wildman–Crippen MR) is 78.7 cm³/mol. The molecular formula is C15H21N3O3. The van der Waals surface area contributed by atoms with E-state index in [1.807, 2.05) is 17.0 Å². The first kappa shape index (κ1) is 15.5. The molecule has 21 heavy (non-hydrogen) atoms.